The molecule has 6 nitrogen and oxygen atoms in total. The van der Waals surface area contributed by atoms with E-state index in [0.717, 1.165) is 70.6 Å². The van der Waals surface area contributed by atoms with Gasteiger partial charge in [0.25, 0.3) is 0 Å². The van der Waals surface area contributed by atoms with Crippen molar-refractivity contribution in [1.29, 1.82) is 0 Å². The highest BCUT2D eigenvalue weighted by Gasteiger charge is 2.20. The lowest BCUT2D eigenvalue weighted by Crippen LogP contribution is -2.30. The smallest absolute Gasteiger partial charge is 0.306 e. The minimum atomic E-state index is -0.772. The maximum absolute atomic E-state index is 12.9. The molecule has 1 atom stereocenters. The van der Waals surface area contributed by atoms with Gasteiger partial charge in [0.05, 0.1) is 0 Å². The van der Waals surface area contributed by atoms with Crippen molar-refractivity contribution in [2.75, 3.05) is 13.2 Å². The summed E-state index contributed by atoms with van der Waals surface area (Å²) in [5.74, 6) is -0.845. The van der Waals surface area contributed by atoms with E-state index in [-0.39, 0.29) is 31.1 Å². The van der Waals surface area contributed by atoms with Crippen LogP contribution >= 0.6 is 0 Å². The molecule has 0 aliphatic rings. The molecular weight excluding hydrogens is 1020 g/mol. The lowest BCUT2D eigenvalue weighted by atomic mass is 10.0. The molecule has 0 aromatic carbocycles. The van der Waals surface area contributed by atoms with E-state index in [1.54, 1.807) is 0 Å². The predicted octanol–water partition coefficient (Wildman–Crippen LogP) is 26.1. The minimum absolute atomic E-state index is 0.0683. The van der Waals surface area contributed by atoms with E-state index in [9.17, 15) is 14.4 Å². The fourth-order valence-corrected chi connectivity index (χ4v) is 11.8. The normalized spacial score (nSPS) is 12.1. The van der Waals surface area contributed by atoms with Gasteiger partial charge in [0.2, 0.25) is 0 Å². The van der Waals surface area contributed by atoms with Crippen LogP contribution in [-0.4, -0.2) is 37.2 Å². The van der Waals surface area contributed by atoms with E-state index in [1.807, 2.05) is 0 Å². The van der Waals surface area contributed by atoms with Gasteiger partial charge in [0, 0.05) is 19.3 Å². The number of allylic oxidation sites excluding steroid dienone is 4. The van der Waals surface area contributed by atoms with Gasteiger partial charge in [-0.3, -0.25) is 14.4 Å². The summed E-state index contributed by atoms with van der Waals surface area (Å²) in [4.78, 5) is 38.4. The van der Waals surface area contributed by atoms with Gasteiger partial charge in [-0.25, -0.2) is 0 Å². The first kappa shape index (κ1) is 80.9. The van der Waals surface area contributed by atoms with Gasteiger partial charge < -0.3 is 14.2 Å². The molecule has 0 bridgehead atoms. The van der Waals surface area contributed by atoms with Crippen molar-refractivity contribution in [1.82, 2.24) is 0 Å². The zero-order chi connectivity index (χ0) is 59.9. The Hall–Kier alpha value is -2.11. The Balaban J connectivity index is 4.04. The Morgan fingerprint density at radius 2 is 0.434 bits per heavy atom. The number of hydrogen-bond acceptors (Lipinski definition) is 6. The summed E-state index contributed by atoms with van der Waals surface area (Å²) >= 11 is 0. The Bertz CT molecular complexity index is 1340. The zero-order valence-electron chi connectivity index (χ0n) is 56.5. The molecule has 0 aliphatic carbocycles. The van der Waals surface area contributed by atoms with Gasteiger partial charge in [-0.1, -0.05) is 385 Å². The Morgan fingerprint density at radius 1 is 0.241 bits per heavy atom. The fourth-order valence-electron chi connectivity index (χ4n) is 11.8. The summed E-state index contributed by atoms with van der Waals surface area (Å²) in [6.07, 6.45) is 89.6. The predicted molar refractivity (Wildman–Crippen MR) is 363 cm³/mol. The first-order chi connectivity index (χ1) is 41.0. The SMILES string of the molecule is CCCCCC/C=C\C/C=C\CCCCCCCCCC(=O)OC(COC(=O)CCCCCCCCCCCCCC)COC(=O)CCCCCCCCCCCCCCCCCCCCCCCCCCCCCCCCCCCCC. The average Bonchev–Trinajstić information content (AvgIpc) is 3.49. The van der Waals surface area contributed by atoms with Crippen molar-refractivity contribution in [2.45, 2.75) is 438 Å². The summed E-state index contributed by atoms with van der Waals surface area (Å²) in [6.45, 7) is 6.69. The van der Waals surface area contributed by atoms with E-state index in [0.29, 0.717) is 19.3 Å². The van der Waals surface area contributed by atoms with Crippen molar-refractivity contribution in [3.8, 4) is 0 Å². The van der Waals surface area contributed by atoms with Crippen molar-refractivity contribution in [3.63, 3.8) is 0 Å². The fraction of sp³-hybridized carbons (Fsp3) is 0.909. The van der Waals surface area contributed by atoms with E-state index in [1.165, 1.54) is 321 Å². The van der Waals surface area contributed by atoms with Crippen LogP contribution in [0.5, 0.6) is 0 Å². The van der Waals surface area contributed by atoms with Crippen molar-refractivity contribution in [2.24, 2.45) is 0 Å². The highest BCUT2D eigenvalue weighted by molar-refractivity contribution is 5.71. The standard InChI is InChI=1S/C77H146O6/c1-4-7-10-13-16-19-22-25-27-29-31-32-33-34-35-36-37-38-39-40-41-42-43-44-45-46-47-49-50-52-55-58-61-64-67-70-76(79)82-73-74(72-81-75(78)69-66-63-60-57-54-24-21-18-15-12-9-6-3)83-77(80)71-68-65-62-59-56-53-51-48-30-28-26-23-20-17-14-11-8-5-2/h20,23,28,30,74H,4-19,21-22,24-27,29,31-73H2,1-3H3/b23-20-,30-28-. The second-order valence-electron chi connectivity index (χ2n) is 25.9. The lowest BCUT2D eigenvalue weighted by Gasteiger charge is -2.18. The number of carbonyl (C=O) groups excluding carboxylic acids is 3. The van der Waals surface area contributed by atoms with Gasteiger partial charge in [-0.2, -0.15) is 0 Å². The van der Waals surface area contributed by atoms with Crippen molar-refractivity contribution < 1.29 is 28.6 Å². The third-order valence-electron chi connectivity index (χ3n) is 17.5. The summed E-state index contributed by atoms with van der Waals surface area (Å²) < 4.78 is 17.0. The molecule has 0 saturated carbocycles. The van der Waals surface area contributed by atoms with Crippen LogP contribution in [0.15, 0.2) is 24.3 Å². The molecule has 0 aliphatic heterocycles. The van der Waals surface area contributed by atoms with Crippen LogP contribution in [0.25, 0.3) is 0 Å². The Morgan fingerprint density at radius 3 is 0.675 bits per heavy atom. The monoisotopic (exact) mass is 1170 g/mol. The molecule has 0 heterocycles. The minimum Gasteiger partial charge on any atom is -0.462 e. The van der Waals surface area contributed by atoms with Gasteiger partial charge in [-0.15, -0.1) is 0 Å². The molecular formula is C77H146O6. The quantitative estimate of drug-likeness (QED) is 0.0261. The molecule has 1 unspecified atom stereocenters. The maximum atomic E-state index is 12.9. The molecule has 0 radical (unpaired) electrons. The molecule has 0 amide bonds. The van der Waals surface area contributed by atoms with Gasteiger partial charge in [-0.05, 0) is 51.4 Å². The first-order valence-electron chi connectivity index (χ1n) is 37.8. The van der Waals surface area contributed by atoms with Gasteiger partial charge in [0.1, 0.15) is 13.2 Å². The lowest BCUT2D eigenvalue weighted by molar-refractivity contribution is -0.167. The van der Waals surface area contributed by atoms with Crippen LogP contribution in [0.4, 0.5) is 0 Å². The van der Waals surface area contributed by atoms with Crippen LogP contribution in [0.1, 0.15) is 432 Å². The summed E-state index contributed by atoms with van der Waals surface area (Å²) in [7, 11) is 0. The number of rotatable bonds is 71. The Labute approximate surface area is 519 Å². The zero-order valence-corrected chi connectivity index (χ0v) is 56.5. The molecule has 6 heteroatoms. The highest BCUT2D eigenvalue weighted by Crippen LogP contribution is 2.20. The van der Waals surface area contributed by atoms with Crippen molar-refractivity contribution in [3.05, 3.63) is 24.3 Å². The third kappa shape index (κ3) is 70.5. The second kappa shape index (κ2) is 72.4. The van der Waals surface area contributed by atoms with Crippen LogP contribution in [0, 0.1) is 0 Å². The molecule has 490 valence electrons. The maximum Gasteiger partial charge on any atom is 0.306 e. The molecule has 0 aromatic rings. The van der Waals surface area contributed by atoms with Crippen LogP contribution in [-0.2, 0) is 28.6 Å². The number of carbonyl (C=O) groups is 3. The van der Waals surface area contributed by atoms with Crippen LogP contribution < -0.4 is 0 Å². The number of unbranched alkanes of at least 4 members (excludes halogenated alkanes) is 56. The number of hydrogen-bond donors (Lipinski definition) is 0. The molecule has 0 fully saturated rings. The van der Waals surface area contributed by atoms with Crippen LogP contribution in [0.2, 0.25) is 0 Å². The number of ether oxygens (including phenoxy) is 3. The topological polar surface area (TPSA) is 78.9 Å². The Kier molecular flexibility index (Phi) is 70.5. The number of esters is 3. The van der Waals surface area contributed by atoms with E-state index in [4.69, 9.17) is 14.2 Å². The van der Waals surface area contributed by atoms with Crippen LogP contribution in [0.3, 0.4) is 0 Å². The average molecular weight is 1170 g/mol. The second-order valence-corrected chi connectivity index (χ2v) is 25.9. The third-order valence-corrected chi connectivity index (χ3v) is 17.5. The first-order valence-corrected chi connectivity index (χ1v) is 37.8. The van der Waals surface area contributed by atoms with E-state index in [2.05, 4.69) is 45.1 Å². The molecule has 0 aromatic heterocycles. The molecule has 0 N–H and O–H groups in total. The van der Waals surface area contributed by atoms with Gasteiger partial charge in [0.15, 0.2) is 6.10 Å². The summed E-state index contributed by atoms with van der Waals surface area (Å²) in [5, 5.41) is 0. The molecule has 0 rings (SSSR count). The largest absolute Gasteiger partial charge is 0.462 e. The van der Waals surface area contributed by atoms with Crippen molar-refractivity contribution >= 4 is 17.9 Å². The van der Waals surface area contributed by atoms with Gasteiger partial charge >= 0.3 is 17.9 Å². The van der Waals surface area contributed by atoms with E-state index >= 15 is 0 Å². The summed E-state index contributed by atoms with van der Waals surface area (Å²) in [5.41, 5.74) is 0. The molecule has 0 spiro atoms. The highest BCUT2D eigenvalue weighted by atomic mass is 16.6. The summed E-state index contributed by atoms with van der Waals surface area (Å²) in [6, 6.07) is 0. The molecule has 83 heavy (non-hydrogen) atoms. The van der Waals surface area contributed by atoms with E-state index < -0.39 is 6.10 Å². The molecule has 0 saturated heterocycles.